The monoisotopic (exact) mass is 742 g/mol. The van der Waals surface area contributed by atoms with E-state index in [1.54, 1.807) is 0 Å². The summed E-state index contributed by atoms with van der Waals surface area (Å²) >= 11 is 0. The summed E-state index contributed by atoms with van der Waals surface area (Å²) in [5, 5.41) is 9.32. The number of aromatic nitrogens is 2. The summed E-state index contributed by atoms with van der Waals surface area (Å²) in [7, 11) is -1.69. The molecule has 0 aliphatic carbocycles. The van der Waals surface area contributed by atoms with Gasteiger partial charge in [-0.05, 0) is 82.9 Å². The Morgan fingerprint density at radius 2 is 0.632 bits per heavy atom. The fourth-order valence-corrected chi connectivity index (χ4v) is 12.0. The van der Waals surface area contributed by atoms with E-state index in [1.165, 1.54) is 92.8 Å². The van der Waals surface area contributed by atoms with Gasteiger partial charge in [0, 0.05) is 32.9 Å². The van der Waals surface area contributed by atoms with Crippen LogP contribution < -0.4 is 15.6 Å². The van der Waals surface area contributed by atoms with Gasteiger partial charge in [0.1, 0.15) is 8.80 Å². The zero-order valence-electron chi connectivity index (χ0n) is 31.3. The second-order valence-corrected chi connectivity index (χ2v) is 17.8. The zero-order chi connectivity index (χ0) is 37.7. The molecule has 0 radical (unpaired) electrons. The molecule has 0 spiro atoms. The molecule has 2 nitrogen and oxygen atoms in total. The smallest absolute Gasteiger partial charge is 0.133 e. The van der Waals surface area contributed by atoms with Crippen LogP contribution >= 0.6 is 0 Å². The van der Waals surface area contributed by atoms with Gasteiger partial charge in [0.05, 0.1) is 22.1 Å². The molecule has 57 heavy (non-hydrogen) atoms. The van der Waals surface area contributed by atoms with E-state index in [9.17, 15) is 0 Å². The first kappa shape index (κ1) is 33.2. The molecule has 268 valence electrons. The van der Waals surface area contributed by atoms with Gasteiger partial charge in [-0.15, -0.1) is 0 Å². The van der Waals surface area contributed by atoms with Crippen molar-refractivity contribution in [3.8, 4) is 33.6 Å². The molecule has 9 aromatic carbocycles. The van der Waals surface area contributed by atoms with Gasteiger partial charge in [-0.1, -0.05) is 179 Å². The summed E-state index contributed by atoms with van der Waals surface area (Å²) in [5.74, 6) is 0. The second-order valence-electron chi connectivity index (χ2n) is 14.9. The Labute approximate surface area is 333 Å². The van der Waals surface area contributed by atoms with Crippen LogP contribution in [0.1, 0.15) is 0 Å². The Morgan fingerprint density at radius 3 is 1.16 bits per heavy atom. The Balaban J connectivity index is 0.970. The van der Waals surface area contributed by atoms with Gasteiger partial charge < -0.3 is 9.13 Å². The first-order valence-electron chi connectivity index (χ1n) is 19.7. The number of para-hydroxylation sites is 3. The second kappa shape index (κ2) is 13.8. The average molecular weight is 743 g/mol. The maximum absolute atomic E-state index is 2.45. The molecule has 0 saturated heterocycles. The molecular weight excluding hydrogens is 705 g/mol. The molecule has 0 N–H and O–H groups in total. The molecule has 2 heterocycles. The molecule has 0 unspecified atom stereocenters. The van der Waals surface area contributed by atoms with Crippen molar-refractivity contribution in [2.45, 2.75) is 0 Å². The molecule has 11 rings (SSSR count). The lowest BCUT2D eigenvalue weighted by atomic mass is 9.98. The Morgan fingerprint density at radius 1 is 0.246 bits per heavy atom. The van der Waals surface area contributed by atoms with Crippen LogP contribution in [0.4, 0.5) is 0 Å². The number of hydrogen-bond acceptors (Lipinski definition) is 0. The molecule has 0 saturated carbocycles. The fourth-order valence-electron chi connectivity index (χ4n) is 9.01. The van der Waals surface area contributed by atoms with Crippen LogP contribution in [0.25, 0.3) is 77.2 Å². The quantitative estimate of drug-likeness (QED) is 0.114. The van der Waals surface area contributed by atoms with Crippen LogP contribution in [0, 0.1) is 0 Å². The summed E-state index contributed by atoms with van der Waals surface area (Å²) in [4.78, 5) is 0. The number of benzene rings is 9. The van der Waals surface area contributed by atoms with Crippen LogP contribution in [0.5, 0.6) is 0 Å². The van der Waals surface area contributed by atoms with Crippen molar-refractivity contribution in [3.63, 3.8) is 0 Å². The summed E-state index contributed by atoms with van der Waals surface area (Å²) in [6.45, 7) is 0. The lowest BCUT2D eigenvalue weighted by molar-refractivity contribution is 1.18. The number of fused-ring (bicyclic) bond motifs is 6. The highest BCUT2D eigenvalue weighted by Crippen LogP contribution is 2.37. The minimum absolute atomic E-state index is 1.18. The number of hydrogen-bond donors (Lipinski definition) is 0. The third-order valence-corrected chi connectivity index (χ3v) is 14.8. The van der Waals surface area contributed by atoms with Gasteiger partial charge in [-0.3, -0.25) is 0 Å². The standard InChI is InChI=1S/C54H38N2Si/c1-4-15-42(16-5-1)55-51-25-12-10-23-47(51)49-35-40(31-33-53(49)55)38-27-29-39(30-28-38)41-32-34-54-50(36-41)48-24-11-13-26-52(48)56(54)43-17-14-22-46(37-43)57(44-18-6-2-7-19-44)45-20-8-3-9-21-45/h1-37,57H. The van der Waals surface area contributed by atoms with E-state index >= 15 is 0 Å². The van der Waals surface area contributed by atoms with Crippen LogP contribution in [0.2, 0.25) is 0 Å². The molecule has 11 aromatic rings. The van der Waals surface area contributed by atoms with E-state index in [0.717, 1.165) is 0 Å². The van der Waals surface area contributed by atoms with Crippen LogP contribution in [0.15, 0.2) is 224 Å². The topological polar surface area (TPSA) is 9.86 Å². The van der Waals surface area contributed by atoms with Gasteiger partial charge in [-0.25, -0.2) is 0 Å². The molecular formula is C54H38N2Si. The highest BCUT2D eigenvalue weighted by atomic mass is 28.3. The van der Waals surface area contributed by atoms with E-state index in [-0.39, 0.29) is 0 Å². The molecule has 0 aliphatic rings. The van der Waals surface area contributed by atoms with Gasteiger partial charge in [0.2, 0.25) is 0 Å². The molecule has 3 heteroatoms. The third-order valence-electron chi connectivity index (χ3n) is 11.6. The summed E-state index contributed by atoms with van der Waals surface area (Å²) in [6.07, 6.45) is 0. The van der Waals surface area contributed by atoms with Crippen LogP contribution in [-0.2, 0) is 0 Å². The predicted octanol–water partition coefficient (Wildman–Crippen LogP) is 11.5. The Hall–Kier alpha value is -7.20. The summed E-state index contributed by atoms with van der Waals surface area (Å²) in [5.41, 5.74) is 12.1. The minimum atomic E-state index is -1.69. The molecule has 0 atom stereocenters. The first-order valence-corrected chi connectivity index (χ1v) is 21.4. The van der Waals surface area contributed by atoms with Gasteiger partial charge in [0.15, 0.2) is 0 Å². The van der Waals surface area contributed by atoms with Gasteiger partial charge in [0.25, 0.3) is 0 Å². The molecule has 0 bridgehead atoms. The van der Waals surface area contributed by atoms with E-state index in [2.05, 4.69) is 234 Å². The SMILES string of the molecule is c1ccc(-n2c3ccccc3c3cc(-c4ccc(-c5ccc6c(c5)c5ccccc5n6-c5cccc([SiH](c6ccccc6)c6ccccc6)c5)cc4)ccc32)cc1. The van der Waals surface area contributed by atoms with Crippen molar-refractivity contribution in [2.24, 2.45) is 0 Å². The van der Waals surface area contributed by atoms with E-state index in [0.29, 0.717) is 0 Å². The normalized spacial score (nSPS) is 11.7. The zero-order valence-corrected chi connectivity index (χ0v) is 32.5. The molecule has 0 aliphatic heterocycles. The lowest BCUT2D eigenvalue weighted by Crippen LogP contribution is -2.51. The molecule has 2 aromatic heterocycles. The van der Waals surface area contributed by atoms with E-state index in [1.807, 2.05) is 0 Å². The summed E-state index contributed by atoms with van der Waals surface area (Å²) in [6, 6.07) is 82.6. The fraction of sp³-hybridized carbons (Fsp3) is 0. The summed E-state index contributed by atoms with van der Waals surface area (Å²) < 4.78 is 4.82. The highest BCUT2D eigenvalue weighted by molar-refractivity contribution is 6.95. The average Bonchev–Trinajstić information content (AvgIpc) is 3.80. The first-order chi connectivity index (χ1) is 28.3. The largest absolute Gasteiger partial charge is 0.309 e. The number of rotatable bonds is 7. The van der Waals surface area contributed by atoms with E-state index < -0.39 is 8.80 Å². The van der Waals surface area contributed by atoms with Gasteiger partial charge in [-0.2, -0.15) is 0 Å². The van der Waals surface area contributed by atoms with Crippen molar-refractivity contribution >= 4 is 68.0 Å². The van der Waals surface area contributed by atoms with Crippen LogP contribution in [0.3, 0.4) is 0 Å². The van der Waals surface area contributed by atoms with E-state index in [4.69, 9.17) is 0 Å². The molecule has 0 fully saturated rings. The van der Waals surface area contributed by atoms with Crippen molar-refractivity contribution in [1.29, 1.82) is 0 Å². The predicted molar refractivity (Wildman–Crippen MR) is 245 cm³/mol. The van der Waals surface area contributed by atoms with Gasteiger partial charge >= 0.3 is 0 Å². The maximum atomic E-state index is 2.45. The van der Waals surface area contributed by atoms with Crippen molar-refractivity contribution < 1.29 is 0 Å². The minimum Gasteiger partial charge on any atom is -0.309 e. The third kappa shape index (κ3) is 5.71. The lowest BCUT2D eigenvalue weighted by Gasteiger charge is -2.19. The van der Waals surface area contributed by atoms with Crippen molar-refractivity contribution in [1.82, 2.24) is 9.13 Å². The Bertz CT molecular complexity index is 3180. The maximum Gasteiger partial charge on any atom is 0.133 e. The highest BCUT2D eigenvalue weighted by Gasteiger charge is 2.21. The van der Waals surface area contributed by atoms with Crippen LogP contribution in [-0.4, -0.2) is 17.9 Å². The van der Waals surface area contributed by atoms with Crippen molar-refractivity contribution in [3.05, 3.63) is 224 Å². The Kier molecular flexibility index (Phi) is 8.04. The number of nitrogens with zero attached hydrogens (tertiary/aromatic N) is 2. The molecule has 0 amide bonds. The van der Waals surface area contributed by atoms with Crippen molar-refractivity contribution in [2.75, 3.05) is 0 Å².